The van der Waals surface area contributed by atoms with Gasteiger partial charge in [-0.15, -0.1) is 0 Å². The third kappa shape index (κ3) is 7.84. The molecule has 0 bridgehead atoms. The second-order valence-electron chi connectivity index (χ2n) is 11.8. The number of likely N-dealkylation sites (N-methyl/N-ethyl adjacent to an activating group) is 3. The van der Waals surface area contributed by atoms with Crippen LogP contribution in [0, 0.1) is 6.92 Å². The number of rotatable bonds is 10. The van der Waals surface area contributed by atoms with Gasteiger partial charge in [-0.05, 0) is 63.5 Å². The molecular formula is C32H38F3N9O. The van der Waals surface area contributed by atoms with E-state index in [0.717, 1.165) is 43.9 Å². The first-order valence-electron chi connectivity index (χ1n) is 14.8. The number of alkyl halides is 3. The monoisotopic (exact) mass is 621 g/mol. The lowest BCUT2D eigenvalue weighted by Crippen LogP contribution is -2.44. The minimum absolute atomic E-state index is 0.0400. The van der Waals surface area contributed by atoms with Gasteiger partial charge in [-0.2, -0.15) is 13.2 Å². The van der Waals surface area contributed by atoms with Crippen LogP contribution in [0.3, 0.4) is 0 Å². The number of benzene rings is 2. The number of aromatic nitrogens is 4. The molecule has 1 saturated heterocycles. The van der Waals surface area contributed by atoms with Crippen LogP contribution in [0.5, 0.6) is 0 Å². The average Bonchev–Trinajstić information content (AvgIpc) is 3.01. The molecule has 1 aliphatic heterocycles. The van der Waals surface area contributed by atoms with E-state index in [9.17, 15) is 18.0 Å². The first-order chi connectivity index (χ1) is 21.4. The number of nitrogens with one attached hydrogen (secondary N) is 1. The van der Waals surface area contributed by atoms with Crippen molar-refractivity contribution in [2.24, 2.45) is 0 Å². The van der Waals surface area contributed by atoms with Crippen molar-refractivity contribution in [2.45, 2.75) is 19.5 Å². The lowest BCUT2D eigenvalue weighted by molar-refractivity contribution is -0.137. The molecular weight excluding hydrogens is 583 g/mol. The summed E-state index contributed by atoms with van der Waals surface area (Å²) in [5.74, 6) is 0.623. The summed E-state index contributed by atoms with van der Waals surface area (Å²) in [6, 6.07) is 9.17. The number of hydrogen-bond acceptors (Lipinski definition) is 10. The number of Topliss-reactive ketones (excluding diaryl/α,β-unsaturated/α-hetero) is 1. The molecule has 45 heavy (non-hydrogen) atoms. The van der Waals surface area contributed by atoms with Crippen LogP contribution in [-0.2, 0) is 12.6 Å². The Morgan fingerprint density at radius 2 is 1.73 bits per heavy atom. The molecule has 3 heterocycles. The molecule has 0 unspecified atom stereocenters. The number of halogens is 3. The second-order valence-corrected chi connectivity index (χ2v) is 11.8. The highest BCUT2D eigenvalue weighted by molar-refractivity contribution is 5.99. The van der Waals surface area contributed by atoms with E-state index in [4.69, 9.17) is 4.98 Å². The number of carbonyl (C=O) groups excluding carboxylic acids is 1. The summed E-state index contributed by atoms with van der Waals surface area (Å²) in [5, 5.41) is 3.33. The fraction of sp³-hybridized carbons (Fsp3) is 0.406. The largest absolute Gasteiger partial charge is 0.416 e. The highest BCUT2D eigenvalue weighted by Crippen LogP contribution is 2.34. The smallest absolute Gasteiger partial charge is 0.369 e. The van der Waals surface area contributed by atoms with Crippen molar-refractivity contribution >= 4 is 40.0 Å². The Bertz CT molecular complexity index is 1670. The van der Waals surface area contributed by atoms with Crippen LogP contribution < -0.4 is 15.1 Å². The third-order valence-corrected chi connectivity index (χ3v) is 7.94. The first-order valence-corrected chi connectivity index (χ1v) is 14.8. The maximum atomic E-state index is 13.9. The molecule has 238 valence electrons. The number of nitrogens with zero attached hydrogens (tertiary/aromatic N) is 8. The fourth-order valence-corrected chi connectivity index (χ4v) is 5.08. The van der Waals surface area contributed by atoms with Crippen molar-refractivity contribution in [2.75, 3.05) is 82.6 Å². The molecule has 1 aliphatic rings. The minimum atomic E-state index is -4.57. The van der Waals surface area contributed by atoms with E-state index in [1.54, 1.807) is 12.3 Å². The van der Waals surface area contributed by atoms with Crippen LogP contribution in [0.1, 0.15) is 27.0 Å². The summed E-state index contributed by atoms with van der Waals surface area (Å²) >= 11 is 0. The molecule has 5 rings (SSSR count). The van der Waals surface area contributed by atoms with Crippen LogP contribution in [0.15, 0.2) is 48.9 Å². The van der Waals surface area contributed by atoms with Gasteiger partial charge in [-0.25, -0.2) is 19.9 Å². The summed E-state index contributed by atoms with van der Waals surface area (Å²) in [6.07, 6.45) is -1.54. The molecule has 0 atom stereocenters. The highest BCUT2D eigenvalue weighted by atomic mass is 19.4. The minimum Gasteiger partial charge on any atom is -0.369 e. The third-order valence-electron chi connectivity index (χ3n) is 7.94. The van der Waals surface area contributed by atoms with Gasteiger partial charge in [0, 0.05) is 69.7 Å². The van der Waals surface area contributed by atoms with E-state index in [1.807, 2.05) is 63.1 Å². The quantitative estimate of drug-likeness (QED) is 0.252. The number of ketones is 1. The van der Waals surface area contributed by atoms with Gasteiger partial charge in [0.2, 0.25) is 5.95 Å². The fourth-order valence-electron chi connectivity index (χ4n) is 5.08. The number of carbonyl (C=O) groups is 1. The number of piperazine rings is 1. The van der Waals surface area contributed by atoms with Gasteiger partial charge in [-0.1, -0.05) is 12.1 Å². The Labute approximate surface area is 260 Å². The Morgan fingerprint density at radius 1 is 0.978 bits per heavy atom. The van der Waals surface area contributed by atoms with Crippen molar-refractivity contribution in [1.29, 1.82) is 0 Å². The molecule has 1 fully saturated rings. The zero-order valence-corrected chi connectivity index (χ0v) is 26.2. The van der Waals surface area contributed by atoms with Gasteiger partial charge in [-0.3, -0.25) is 4.79 Å². The summed E-state index contributed by atoms with van der Waals surface area (Å²) in [4.78, 5) is 39.4. The molecule has 0 amide bonds. The van der Waals surface area contributed by atoms with Crippen molar-refractivity contribution < 1.29 is 18.0 Å². The van der Waals surface area contributed by atoms with Gasteiger partial charge >= 0.3 is 6.18 Å². The van der Waals surface area contributed by atoms with E-state index in [1.165, 1.54) is 6.33 Å². The molecule has 0 radical (unpaired) electrons. The standard InChI is InChI=1S/C32H38F3N9O/c1-21-6-7-22(15-28(45)23-16-24(32(33,34)35)18-25(17-23)44-12-9-42(4)10-13-44)14-26(21)39-30-29-27(37-20-38-30)19-36-31(40-29)43(5)11-8-41(2)3/h6-7,14,16-20H,8-13,15H2,1-5H3,(H,37,38,39). The van der Waals surface area contributed by atoms with Gasteiger partial charge in [0.05, 0.1) is 11.8 Å². The molecule has 0 aliphatic carbocycles. The molecule has 13 heteroatoms. The average molecular weight is 622 g/mol. The maximum Gasteiger partial charge on any atom is 0.416 e. The van der Waals surface area contributed by atoms with Crippen LogP contribution in [0.25, 0.3) is 11.0 Å². The van der Waals surface area contributed by atoms with Gasteiger partial charge in [0.15, 0.2) is 11.6 Å². The zero-order valence-electron chi connectivity index (χ0n) is 26.2. The summed E-state index contributed by atoms with van der Waals surface area (Å²) in [6.45, 7) is 6.14. The summed E-state index contributed by atoms with van der Waals surface area (Å²) in [7, 11) is 7.90. The zero-order chi connectivity index (χ0) is 32.3. The molecule has 0 saturated carbocycles. The van der Waals surface area contributed by atoms with Crippen molar-refractivity contribution in [3.63, 3.8) is 0 Å². The van der Waals surface area contributed by atoms with E-state index >= 15 is 0 Å². The molecule has 10 nitrogen and oxygen atoms in total. The van der Waals surface area contributed by atoms with Crippen molar-refractivity contribution in [3.05, 3.63) is 71.2 Å². The van der Waals surface area contributed by atoms with Crippen LogP contribution >= 0.6 is 0 Å². The molecule has 0 spiro atoms. The van der Waals surface area contributed by atoms with Crippen molar-refractivity contribution in [3.8, 4) is 0 Å². The molecule has 2 aromatic carbocycles. The molecule has 1 N–H and O–H groups in total. The molecule has 4 aromatic rings. The number of aryl methyl sites for hydroxylation is 1. The van der Waals surface area contributed by atoms with E-state index < -0.39 is 17.5 Å². The normalized spacial score (nSPS) is 14.3. The Hall–Kier alpha value is -4.36. The molecule has 2 aromatic heterocycles. The van der Waals surface area contributed by atoms with E-state index in [-0.39, 0.29) is 12.0 Å². The number of fused-ring (bicyclic) bond motifs is 1. The SMILES string of the molecule is Cc1ccc(CC(=O)c2cc(N3CCN(C)CC3)cc(C(F)(F)F)c2)cc1Nc1ncnc2cnc(N(C)CCN(C)C)nc12. The van der Waals surface area contributed by atoms with E-state index in [0.29, 0.717) is 52.8 Å². The predicted molar refractivity (Wildman–Crippen MR) is 171 cm³/mol. The lowest BCUT2D eigenvalue weighted by Gasteiger charge is -2.34. The second kappa shape index (κ2) is 13.3. The number of anilines is 4. The van der Waals surface area contributed by atoms with E-state index in [2.05, 4.69) is 30.1 Å². The van der Waals surface area contributed by atoms with Crippen molar-refractivity contribution in [1.82, 2.24) is 29.7 Å². The van der Waals surface area contributed by atoms with Crippen LogP contribution in [0.4, 0.5) is 36.3 Å². The summed E-state index contributed by atoms with van der Waals surface area (Å²) < 4.78 is 41.6. The topological polar surface area (TPSA) is 93.6 Å². The van der Waals surface area contributed by atoms with Gasteiger partial charge in [0.1, 0.15) is 17.4 Å². The number of hydrogen-bond donors (Lipinski definition) is 1. The van der Waals surface area contributed by atoms with Gasteiger partial charge < -0.3 is 24.9 Å². The first kappa shape index (κ1) is 32.0. The van der Waals surface area contributed by atoms with Crippen LogP contribution in [0.2, 0.25) is 0 Å². The summed E-state index contributed by atoms with van der Waals surface area (Å²) in [5.41, 5.74) is 2.99. The Morgan fingerprint density at radius 3 is 2.44 bits per heavy atom. The highest BCUT2D eigenvalue weighted by Gasteiger charge is 2.32. The predicted octanol–water partition coefficient (Wildman–Crippen LogP) is 4.67. The maximum absolute atomic E-state index is 13.9. The van der Waals surface area contributed by atoms with Crippen LogP contribution in [-0.4, -0.2) is 103 Å². The Balaban J connectivity index is 1.39. The van der Waals surface area contributed by atoms with Gasteiger partial charge in [0.25, 0.3) is 0 Å². The Kier molecular flexibility index (Phi) is 9.49. The lowest BCUT2D eigenvalue weighted by atomic mass is 9.98.